The molecule has 18 heavy (non-hydrogen) atoms. The highest BCUT2D eigenvalue weighted by atomic mass is 16.8. The molecule has 0 saturated carbocycles. The smallest absolute Gasteiger partial charge is 0.187 e. The number of aliphatic hydroxyl groups excluding tert-OH is 2. The van der Waals surface area contributed by atoms with Crippen LogP contribution in [-0.4, -0.2) is 59.9 Å². The van der Waals surface area contributed by atoms with Gasteiger partial charge in [0.1, 0.15) is 24.4 Å². The number of hydrogen-bond acceptors (Lipinski definition) is 6. The van der Waals surface area contributed by atoms with E-state index in [1.54, 1.807) is 19.9 Å². The number of fused-ring (bicyclic) bond motifs is 1. The molecule has 2 rings (SSSR count). The summed E-state index contributed by atoms with van der Waals surface area (Å²) < 4.78 is 22.4. The van der Waals surface area contributed by atoms with Crippen molar-refractivity contribution < 1.29 is 29.2 Å². The number of ether oxygens (including phenoxy) is 4. The highest BCUT2D eigenvalue weighted by Gasteiger charge is 2.57. The van der Waals surface area contributed by atoms with Crippen molar-refractivity contribution in [3.63, 3.8) is 0 Å². The Bertz CT molecular complexity index is 305. The first kappa shape index (κ1) is 13.9. The Kier molecular flexibility index (Phi) is 4.05. The van der Waals surface area contributed by atoms with Crippen LogP contribution in [0.25, 0.3) is 0 Å². The monoisotopic (exact) mass is 260 g/mol. The molecule has 0 bridgehead atoms. The number of hydrogen-bond donors (Lipinski definition) is 2. The van der Waals surface area contributed by atoms with E-state index in [4.69, 9.17) is 24.1 Å². The van der Waals surface area contributed by atoms with Gasteiger partial charge in [0, 0.05) is 0 Å². The van der Waals surface area contributed by atoms with Crippen LogP contribution in [-0.2, 0) is 18.9 Å². The highest BCUT2D eigenvalue weighted by Crippen LogP contribution is 2.39. The highest BCUT2D eigenvalue weighted by molar-refractivity contribution is 4.98. The molecule has 0 aliphatic carbocycles. The maximum absolute atomic E-state index is 9.73. The fraction of sp³-hybridized carbons (Fsp3) is 0.833. The Hall–Kier alpha value is -0.500. The van der Waals surface area contributed by atoms with Crippen LogP contribution in [0.5, 0.6) is 0 Å². The van der Waals surface area contributed by atoms with E-state index in [1.807, 2.05) is 0 Å². The van der Waals surface area contributed by atoms with Crippen LogP contribution < -0.4 is 0 Å². The first-order valence-corrected chi connectivity index (χ1v) is 6.01. The zero-order chi connectivity index (χ0) is 13.3. The lowest BCUT2D eigenvalue weighted by atomic mass is 10.1. The Morgan fingerprint density at radius 2 is 2.06 bits per heavy atom. The van der Waals surface area contributed by atoms with Crippen LogP contribution in [0.1, 0.15) is 13.8 Å². The van der Waals surface area contributed by atoms with Gasteiger partial charge in [-0.3, -0.25) is 0 Å². The molecule has 0 aromatic heterocycles. The molecule has 6 nitrogen and oxygen atoms in total. The summed E-state index contributed by atoms with van der Waals surface area (Å²) in [5.41, 5.74) is 0. The second-order valence-electron chi connectivity index (χ2n) is 4.91. The molecule has 2 fully saturated rings. The minimum Gasteiger partial charge on any atom is -0.394 e. The first-order valence-electron chi connectivity index (χ1n) is 6.01. The largest absolute Gasteiger partial charge is 0.394 e. The van der Waals surface area contributed by atoms with Crippen molar-refractivity contribution in [3.8, 4) is 0 Å². The third-order valence-corrected chi connectivity index (χ3v) is 2.99. The van der Waals surface area contributed by atoms with E-state index in [-0.39, 0.29) is 0 Å². The molecule has 2 N–H and O–H groups in total. The maximum Gasteiger partial charge on any atom is 0.187 e. The van der Waals surface area contributed by atoms with Crippen LogP contribution in [0.15, 0.2) is 12.7 Å². The van der Waals surface area contributed by atoms with E-state index >= 15 is 0 Å². The topological polar surface area (TPSA) is 77.4 Å². The zero-order valence-electron chi connectivity index (χ0n) is 10.6. The van der Waals surface area contributed by atoms with Crippen LogP contribution >= 0.6 is 0 Å². The molecule has 0 amide bonds. The summed E-state index contributed by atoms with van der Waals surface area (Å²) in [6, 6.07) is 0. The van der Waals surface area contributed by atoms with Gasteiger partial charge in [0.05, 0.1) is 13.2 Å². The van der Waals surface area contributed by atoms with Gasteiger partial charge in [0.25, 0.3) is 0 Å². The molecule has 0 aromatic carbocycles. The SMILES string of the molecule is C=CCOC1OC(C(O)CO)[C@@H]2OC(C)(C)O[C@H]12. The van der Waals surface area contributed by atoms with Gasteiger partial charge in [0.2, 0.25) is 0 Å². The quantitative estimate of drug-likeness (QED) is 0.666. The third kappa shape index (κ3) is 2.59. The lowest BCUT2D eigenvalue weighted by Crippen LogP contribution is -2.40. The Balaban J connectivity index is 2.09. The van der Waals surface area contributed by atoms with E-state index in [9.17, 15) is 5.11 Å². The molecule has 2 saturated heterocycles. The van der Waals surface area contributed by atoms with Crippen LogP contribution in [0.4, 0.5) is 0 Å². The third-order valence-electron chi connectivity index (χ3n) is 2.99. The van der Waals surface area contributed by atoms with Crippen molar-refractivity contribution in [1.82, 2.24) is 0 Å². The fourth-order valence-electron chi connectivity index (χ4n) is 2.30. The summed E-state index contributed by atoms with van der Waals surface area (Å²) in [6.07, 6.45) is -1.55. The molecule has 2 aliphatic rings. The van der Waals surface area contributed by atoms with Crippen molar-refractivity contribution in [2.75, 3.05) is 13.2 Å². The molecule has 0 radical (unpaired) electrons. The van der Waals surface area contributed by atoms with Gasteiger partial charge in [-0.1, -0.05) is 6.08 Å². The second-order valence-corrected chi connectivity index (χ2v) is 4.91. The lowest BCUT2D eigenvalue weighted by molar-refractivity contribution is -0.242. The van der Waals surface area contributed by atoms with Crippen LogP contribution in [0.2, 0.25) is 0 Å². The van der Waals surface area contributed by atoms with Crippen molar-refractivity contribution in [3.05, 3.63) is 12.7 Å². The van der Waals surface area contributed by atoms with E-state index < -0.39 is 43.1 Å². The standard InChI is InChI=1S/C12H20O6/c1-4-5-15-11-10-9(17-12(2,3)18-10)8(16-11)7(14)6-13/h4,7-11,13-14H,1,5-6H2,2-3H3/t7?,8?,9-,10-,11?/m0/s1. The van der Waals surface area contributed by atoms with Gasteiger partial charge in [-0.2, -0.15) is 0 Å². The van der Waals surface area contributed by atoms with Gasteiger partial charge >= 0.3 is 0 Å². The minimum atomic E-state index is -1.02. The molecule has 6 heteroatoms. The van der Waals surface area contributed by atoms with E-state index in [2.05, 4.69) is 6.58 Å². The molecule has 5 atom stereocenters. The fourth-order valence-corrected chi connectivity index (χ4v) is 2.30. The maximum atomic E-state index is 9.73. The normalized spacial score (nSPS) is 39.6. The Morgan fingerprint density at radius 3 is 2.67 bits per heavy atom. The van der Waals surface area contributed by atoms with Crippen LogP contribution in [0, 0.1) is 0 Å². The van der Waals surface area contributed by atoms with Gasteiger partial charge in [0.15, 0.2) is 12.1 Å². The predicted octanol–water partition coefficient (Wildman–Crippen LogP) is -0.213. The van der Waals surface area contributed by atoms with Crippen molar-refractivity contribution in [2.45, 2.75) is 50.3 Å². The molecule has 0 spiro atoms. The van der Waals surface area contributed by atoms with E-state index in [1.165, 1.54) is 0 Å². The molecular formula is C12H20O6. The summed E-state index contributed by atoms with van der Waals surface area (Å²) >= 11 is 0. The minimum absolute atomic E-state index is 0.319. The summed E-state index contributed by atoms with van der Waals surface area (Å²) in [7, 11) is 0. The van der Waals surface area contributed by atoms with Crippen molar-refractivity contribution >= 4 is 0 Å². The van der Waals surface area contributed by atoms with E-state index in [0.717, 1.165) is 0 Å². The molecule has 104 valence electrons. The average molecular weight is 260 g/mol. The second kappa shape index (κ2) is 5.24. The molecule has 0 aromatic rings. The molecule has 2 aliphatic heterocycles. The lowest BCUT2D eigenvalue weighted by Gasteiger charge is -2.25. The zero-order valence-corrected chi connectivity index (χ0v) is 10.6. The summed E-state index contributed by atoms with van der Waals surface area (Å²) in [5.74, 6) is -0.748. The van der Waals surface area contributed by atoms with Gasteiger partial charge in [-0.25, -0.2) is 0 Å². The summed E-state index contributed by atoms with van der Waals surface area (Å²) in [5, 5.41) is 18.8. The predicted molar refractivity (Wildman–Crippen MR) is 61.7 cm³/mol. The summed E-state index contributed by atoms with van der Waals surface area (Å²) in [4.78, 5) is 0. The number of aliphatic hydroxyl groups is 2. The average Bonchev–Trinajstić information content (AvgIpc) is 2.79. The van der Waals surface area contributed by atoms with E-state index in [0.29, 0.717) is 6.61 Å². The van der Waals surface area contributed by atoms with Gasteiger partial charge < -0.3 is 29.2 Å². The van der Waals surface area contributed by atoms with Gasteiger partial charge in [-0.15, -0.1) is 6.58 Å². The summed E-state index contributed by atoms with van der Waals surface area (Å²) in [6.45, 7) is 7.07. The first-order chi connectivity index (χ1) is 8.48. The molecular weight excluding hydrogens is 240 g/mol. The van der Waals surface area contributed by atoms with Gasteiger partial charge in [-0.05, 0) is 13.8 Å². The van der Waals surface area contributed by atoms with Crippen molar-refractivity contribution in [2.24, 2.45) is 0 Å². The molecule has 3 unspecified atom stereocenters. The van der Waals surface area contributed by atoms with Crippen LogP contribution in [0.3, 0.4) is 0 Å². The Labute approximate surface area is 106 Å². The molecule has 2 heterocycles. The Morgan fingerprint density at radius 1 is 1.39 bits per heavy atom. The number of rotatable bonds is 5. The van der Waals surface area contributed by atoms with Crippen molar-refractivity contribution in [1.29, 1.82) is 0 Å².